The summed E-state index contributed by atoms with van der Waals surface area (Å²) in [4.78, 5) is 4.69. The van der Waals surface area contributed by atoms with Gasteiger partial charge >= 0.3 is 0 Å². The zero-order valence-electron chi connectivity index (χ0n) is 5.87. The normalized spacial score (nSPS) is 11.9. The van der Waals surface area contributed by atoms with Crippen LogP contribution in [0.1, 0.15) is 19.5 Å². The Balaban J connectivity index is 2.85. The van der Waals surface area contributed by atoms with Gasteiger partial charge in [-0.25, -0.2) is 5.90 Å². The van der Waals surface area contributed by atoms with Crippen molar-refractivity contribution in [1.29, 1.82) is 0 Å². The first kappa shape index (κ1) is 7.59. The molecule has 0 aliphatic rings. The van der Waals surface area contributed by atoms with Crippen LogP contribution >= 0.6 is 11.5 Å². The highest BCUT2D eigenvalue weighted by Crippen LogP contribution is 2.20. The van der Waals surface area contributed by atoms with E-state index in [1.807, 2.05) is 19.2 Å². The topological polar surface area (TPSA) is 61.0 Å². The second-order valence-electron chi connectivity index (χ2n) is 2.42. The van der Waals surface area contributed by atoms with E-state index in [-0.39, 0.29) is 0 Å². The van der Waals surface area contributed by atoms with Crippen molar-refractivity contribution in [1.82, 2.24) is 9.59 Å². The maximum atomic E-state index is 5.03. The van der Waals surface area contributed by atoms with Crippen LogP contribution in [0.4, 0.5) is 0 Å². The minimum atomic E-state index is -0.521. The highest BCUT2D eigenvalue weighted by Gasteiger charge is 2.22. The predicted octanol–water partition coefficient (Wildman–Crippen LogP) is 0.664. The zero-order chi connectivity index (χ0) is 7.61. The molecule has 0 atom stereocenters. The number of hydrogen-bond acceptors (Lipinski definition) is 5. The second kappa shape index (κ2) is 2.61. The molecule has 1 aromatic heterocycles. The van der Waals surface area contributed by atoms with E-state index in [0.717, 1.165) is 5.69 Å². The van der Waals surface area contributed by atoms with Crippen LogP contribution in [0.5, 0.6) is 0 Å². The molecule has 0 spiro atoms. The summed E-state index contributed by atoms with van der Waals surface area (Å²) in [5, 5.41) is 5.63. The first-order chi connectivity index (χ1) is 4.67. The Bertz CT molecular complexity index is 197. The van der Waals surface area contributed by atoms with Gasteiger partial charge in [0.25, 0.3) is 0 Å². The largest absolute Gasteiger partial charge is 0.292 e. The molecular weight excluding hydrogens is 150 g/mol. The van der Waals surface area contributed by atoms with Crippen LogP contribution < -0.4 is 5.90 Å². The molecule has 1 rings (SSSR count). The predicted molar refractivity (Wildman–Crippen MR) is 38.2 cm³/mol. The van der Waals surface area contributed by atoms with E-state index in [2.05, 4.69) is 14.4 Å². The van der Waals surface area contributed by atoms with Gasteiger partial charge in [-0.1, -0.05) is 4.49 Å². The van der Waals surface area contributed by atoms with E-state index < -0.39 is 5.60 Å². The van der Waals surface area contributed by atoms with Crippen LogP contribution in [0.15, 0.2) is 5.38 Å². The third kappa shape index (κ3) is 1.31. The van der Waals surface area contributed by atoms with Crippen LogP contribution in [-0.4, -0.2) is 9.59 Å². The minimum Gasteiger partial charge on any atom is -0.292 e. The van der Waals surface area contributed by atoms with Gasteiger partial charge in [-0.3, -0.25) is 4.84 Å². The van der Waals surface area contributed by atoms with Crippen molar-refractivity contribution in [2.75, 3.05) is 0 Å². The third-order valence-corrected chi connectivity index (χ3v) is 1.78. The van der Waals surface area contributed by atoms with Gasteiger partial charge in [-0.15, -0.1) is 5.10 Å². The monoisotopic (exact) mass is 159 g/mol. The SMILES string of the molecule is CC(C)(ON)c1csnn1. The smallest absolute Gasteiger partial charge is 0.128 e. The molecule has 4 nitrogen and oxygen atoms in total. The average molecular weight is 159 g/mol. The van der Waals surface area contributed by atoms with Gasteiger partial charge in [0, 0.05) is 5.38 Å². The van der Waals surface area contributed by atoms with Crippen molar-refractivity contribution in [3.8, 4) is 0 Å². The number of rotatable bonds is 2. The average Bonchev–Trinajstić information content (AvgIpc) is 2.38. The van der Waals surface area contributed by atoms with Crippen molar-refractivity contribution in [3.05, 3.63) is 11.1 Å². The van der Waals surface area contributed by atoms with Crippen molar-refractivity contribution in [3.63, 3.8) is 0 Å². The lowest BCUT2D eigenvalue weighted by Gasteiger charge is -2.17. The molecule has 0 unspecified atom stereocenters. The number of nitrogens with two attached hydrogens (primary N) is 1. The molecule has 0 fully saturated rings. The van der Waals surface area contributed by atoms with E-state index in [4.69, 9.17) is 5.90 Å². The summed E-state index contributed by atoms with van der Waals surface area (Å²) in [6.45, 7) is 3.67. The Labute approximate surface area is 63.1 Å². The molecule has 0 bridgehead atoms. The molecule has 0 radical (unpaired) electrons. The van der Waals surface area contributed by atoms with Crippen LogP contribution in [0.3, 0.4) is 0 Å². The van der Waals surface area contributed by atoms with Crippen LogP contribution in [0.2, 0.25) is 0 Å². The highest BCUT2D eigenvalue weighted by molar-refractivity contribution is 7.03. The molecule has 2 N–H and O–H groups in total. The fraction of sp³-hybridized carbons (Fsp3) is 0.600. The highest BCUT2D eigenvalue weighted by atomic mass is 32.1. The minimum absolute atomic E-state index is 0.521. The van der Waals surface area contributed by atoms with Crippen LogP contribution in [0, 0.1) is 0 Å². The van der Waals surface area contributed by atoms with Crippen molar-refractivity contribution in [2.24, 2.45) is 5.90 Å². The summed E-state index contributed by atoms with van der Waals surface area (Å²) < 4.78 is 3.69. The van der Waals surface area contributed by atoms with Gasteiger partial charge in [-0.05, 0) is 25.4 Å². The number of aromatic nitrogens is 2. The van der Waals surface area contributed by atoms with Crippen molar-refractivity contribution < 1.29 is 4.84 Å². The molecule has 5 heteroatoms. The maximum absolute atomic E-state index is 5.03. The molecule has 0 aliphatic heterocycles. The summed E-state index contributed by atoms with van der Waals surface area (Å²) in [7, 11) is 0. The summed E-state index contributed by atoms with van der Waals surface area (Å²) >= 11 is 1.29. The van der Waals surface area contributed by atoms with E-state index in [9.17, 15) is 0 Å². The zero-order valence-corrected chi connectivity index (χ0v) is 6.68. The molecule has 0 aliphatic carbocycles. The molecular formula is C5H9N3OS. The lowest BCUT2D eigenvalue weighted by Crippen LogP contribution is -2.25. The van der Waals surface area contributed by atoms with Crippen molar-refractivity contribution in [2.45, 2.75) is 19.4 Å². The van der Waals surface area contributed by atoms with Crippen LogP contribution in [0.25, 0.3) is 0 Å². The standard InChI is InChI=1S/C5H9N3OS/c1-5(2,9-6)4-3-10-8-7-4/h3H,6H2,1-2H3. The summed E-state index contributed by atoms with van der Waals surface area (Å²) in [6.07, 6.45) is 0. The first-order valence-electron chi connectivity index (χ1n) is 2.82. The molecule has 0 amide bonds. The molecule has 0 saturated heterocycles. The van der Waals surface area contributed by atoms with Gasteiger partial charge < -0.3 is 0 Å². The number of hydrogen-bond donors (Lipinski definition) is 1. The quantitative estimate of drug-likeness (QED) is 0.644. The Morgan fingerprint density at radius 3 is 2.80 bits per heavy atom. The summed E-state index contributed by atoms with van der Waals surface area (Å²) in [6, 6.07) is 0. The van der Waals surface area contributed by atoms with Gasteiger partial charge in [0.1, 0.15) is 11.3 Å². The second-order valence-corrected chi connectivity index (χ2v) is 3.03. The van der Waals surface area contributed by atoms with Gasteiger partial charge in [0.15, 0.2) is 0 Å². The molecule has 10 heavy (non-hydrogen) atoms. The third-order valence-electron chi connectivity index (χ3n) is 1.27. The molecule has 1 heterocycles. The van der Waals surface area contributed by atoms with Gasteiger partial charge in [-0.2, -0.15) is 0 Å². The van der Waals surface area contributed by atoms with E-state index >= 15 is 0 Å². The lowest BCUT2D eigenvalue weighted by atomic mass is 10.1. The van der Waals surface area contributed by atoms with E-state index in [0.29, 0.717) is 0 Å². The fourth-order valence-electron chi connectivity index (χ4n) is 0.487. The molecule has 1 aromatic rings. The lowest BCUT2D eigenvalue weighted by molar-refractivity contribution is -0.0268. The Morgan fingerprint density at radius 1 is 1.70 bits per heavy atom. The summed E-state index contributed by atoms with van der Waals surface area (Å²) in [5.74, 6) is 5.03. The summed E-state index contributed by atoms with van der Waals surface area (Å²) in [5.41, 5.74) is 0.243. The Kier molecular flexibility index (Phi) is 1.98. The molecule has 56 valence electrons. The number of nitrogens with zero attached hydrogens (tertiary/aromatic N) is 2. The Morgan fingerprint density at radius 2 is 2.40 bits per heavy atom. The molecule has 0 saturated carbocycles. The van der Waals surface area contributed by atoms with Crippen LogP contribution in [-0.2, 0) is 10.4 Å². The fourth-order valence-corrected chi connectivity index (χ4v) is 1.10. The van der Waals surface area contributed by atoms with E-state index in [1.54, 1.807) is 0 Å². The van der Waals surface area contributed by atoms with Crippen molar-refractivity contribution >= 4 is 11.5 Å². The molecule has 0 aromatic carbocycles. The first-order valence-corrected chi connectivity index (χ1v) is 3.66. The van der Waals surface area contributed by atoms with Gasteiger partial charge in [0.05, 0.1) is 0 Å². The maximum Gasteiger partial charge on any atom is 0.128 e. The Hall–Kier alpha value is -0.520. The van der Waals surface area contributed by atoms with Gasteiger partial charge in [0.2, 0.25) is 0 Å². The van der Waals surface area contributed by atoms with E-state index in [1.165, 1.54) is 11.5 Å².